The fourth-order valence-corrected chi connectivity index (χ4v) is 2.06. The quantitative estimate of drug-likeness (QED) is 0.851. The molecule has 2 aromatic carbocycles. The van der Waals surface area contributed by atoms with Crippen LogP contribution in [0.15, 0.2) is 46.9 Å². The lowest BCUT2D eigenvalue weighted by molar-refractivity contribution is -0.118. The fourth-order valence-electron chi connectivity index (χ4n) is 1.79. The van der Waals surface area contributed by atoms with Crippen LogP contribution in [0.5, 0.6) is 17.2 Å². The van der Waals surface area contributed by atoms with Crippen molar-refractivity contribution in [3.63, 3.8) is 0 Å². The number of ether oxygens (including phenoxy) is 3. The molecular weight excluding hydrogens is 350 g/mol. The maximum atomic E-state index is 11.9. The Morgan fingerprint density at radius 2 is 1.73 bits per heavy atom. The van der Waals surface area contributed by atoms with E-state index in [2.05, 4.69) is 21.2 Å². The highest BCUT2D eigenvalue weighted by molar-refractivity contribution is 9.10. The first-order valence-corrected chi connectivity index (χ1v) is 7.32. The van der Waals surface area contributed by atoms with Gasteiger partial charge in [0.15, 0.2) is 18.1 Å². The molecule has 5 nitrogen and oxygen atoms in total. The summed E-state index contributed by atoms with van der Waals surface area (Å²) in [5, 5.41) is 2.74. The average molecular weight is 366 g/mol. The van der Waals surface area contributed by atoms with Crippen molar-refractivity contribution in [1.82, 2.24) is 0 Å². The van der Waals surface area contributed by atoms with Crippen LogP contribution in [0.3, 0.4) is 0 Å². The first kappa shape index (κ1) is 16.2. The molecule has 116 valence electrons. The summed E-state index contributed by atoms with van der Waals surface area (Å²) >= 11 is 3.34. The number of hydrogen-bond acceptors (Lipinski definition) is 4. The largest absolute Gasteiger partial charge is 0.493 e. The van der Waals surface area contributed by atoms with Gasteiger partial charge in [-0.1, -0.05) is 15.9 Å². The molecule has 1 amide bonds. The van der Waals surface area contributed by atoms with Crippen molar-refractivity contribution in [2.75, 3.05) is 26.1 Å². The van der Waals surface area contributed by atoms with Crippen molar-refractivity contribution >= 4 is 27.5 Å². The molecule has 0 fully saturated rings. The summed E-state index contributed by atoms with van der Waals surface area (Å²) in [4.78, 5) is 11.9. The molecule has 2 rings (SSSR count). The lowest BCUT2D eigenvalue weighted by Gasteiger charge is -2.11. The molecule has 0 aliphatic rings. The van der Waals surface area contributed by atoms with Crippen molar-refractivity contribution in [3.05, 3.63) is 46.9 Å². The van der Waals surface area contributed by atoms with E-state index in [0.29, 0.717) is 22.9 Å². The SMILES string of the molecule is COc1ccc(NC(=O)COc2ccc(Br)cc2)cc1OC. The topological polar surface area (TPSA) is 56.8 Å². The molecule has 2 aromatic rings. The zero-order valence-electron chi connectivity index (χ0n) is 12.3. The molecule has 0 bridgehead atoms. The van der Waals surface area contributed by atoms with Gasteiger partial charge in [0.25, 0.3) is 5.91 Å². The summed E-state index contributed by atoms with van der Waals surface area (Å²) in [6.45, 7) is -0.0734. The van der Waals surface area contributed by atoms with Gasteiger partial charge in [-0.15, -0.1) is 0 Å². The predicted molar refractivity (Wildman–Crippen MR) is 87.8 cm³/mol. The maximum absolute atomic E-state index is 11.9. The summed E-state index contributed by atoms with van der Waals surface area (Å²) in [7, 11) is 3.10. The third kappa shape index (κ3) is 4.39. The van der Waals surface area contributed by atoms with Gasteiger partial charge in [-0.25, -0.2) is 0 Å². The van der Waals surface area contributed by atoms with Crippen LogP contribution in [0.25, 0.3) is 0 Å². The third-order valence-corrected chi connectivity index (χ3v) is 3.38. The molecule has 0 atom stereocenters. The lowest BCUT2D eigenvalue weighted by Crippen LogP contribution is -2.20. The Balaban J connectivity index is 1.93. The van der Waals surface area contributed by atoms with E-state index in [1.807, 2.05) is 12.1 Å². The number of carbonyl (C=O) groups excluding carboxylic acids is 1. The van der Waals surface area contributed by atoms with Gasteiger partial charge >= 0.3 is 0 Å². The van der Waals surface area contributed by atoms with Crippen molar-refractivity contribution in [2.45, 2.75) is 0 Å². The smallest absolute Gasteiger partial charge is 0.262 e. The summed E-state index contributed by atoms with van der Waals surface area (Å²) in [6.07, 6.45) is 0. The Bertz CT molecular complexity index is 643. The molecule has 22 heavy (non-hydrogen) atoms. The molecule has 0 heterocycles. The Kier molecular flexibility index (Phi) is 5.66. The molecule has 0 radical (unpaired) electrons. The third-order valence-electron chi connectivity index (χ3n) is 2.85. The van der Waals surface area contributed by atoms with Crippen LogP contribution in [0.1, 0.15) is 0 Å². The van der Waals surface area contributed by atoms with E-state index >= 15 is 0 Å². The van der Waals surface area contributed by atoms with E-state index in [1.165, 1.54) is 0 Å². The predicted octanol–water partition coefficient (Wildman–Crippen LogP) is 3.48. The van der Waals surface area contributed by atoms with Crippen LogP contribution >= 0.6 is 15.9 Å². The minimum absolute atomic E-state index is 0.0734. The zero-order valence-corrected chi connectivity index (χ0v) is 13.8. The molecule has 0 unspecified atom stereocenters. The Hall–Kier alpha value is -2.21. The van der Waals surface area contributed by atoms with Gasteiger partial charge in [-0.2, -0.15) is 0 Å². The molecule has 0 saturated heterocycles. The number of anilines is 1. The van der Waals surface area contributed by atoms with E-state index in [-0.39, 0.29) is 12.5 Å². The normalized spacial score (nSPS) is 9.95. The van der Waals surface area contributed by atoms with E-state index in [4.69, 9.17) is 14.2 Å². The van der Waals surface area contributed by atoms with Gasteiger partial charge in [0.1, 0.15) is 5.75 Å². The second-order valence-electron chi connectivity index (χ2n) is 4.36. The molecule has 6 heteroatoms. The van der Waals surface area contributed by atoms with Gasteiger partial charge in [0.2, 0.25) is 0 Å². The number of halogens is 1. The highest BCUT2D eigenvalue weighted by Gasteiger charge is 2.08. The number of methoxy groups -OCH3 is 2. The molecule has 1 N–H and O–H groups in total. The average Bonchev–Trinajstić information content (AvgIpc) is 2.54. The first-order chi connectivity index (χ1) is 10.6. The standard InChI is InChI=1S/C16H16BrNO4/c1-20-14-8-5-12(9-15(14)21-2)18-16(19)10-22-13-6-3-11(17)4-7-13/h3-9H,10H2,1-2H3,(H,18,19). The van der Waals surface area contributed by atoms with E-state index in [0.717, 1.165) is 4.47 Å². The van der Waals surface area contributed by atoms with Crippen molar-refractivity contribution < 1.29 is 19.0 Å². The van der Waals surface area contributed by atoms with E-state index < -0.39 is 0 Å². The molecule has 0 aliphatic heterocycles. The van der Waals surface area contributed by atoms with Crippen LogP contribution in [0, 0.1) is 0 Å². The number of carbonyl (C=O) groups is 1. The van der Waals surface area contributed by atoms with Crippen molar-refractivity contribution in [1.29, 1.82) is 0 Å². The summed E-state index contributed by atoms with van der Waals surface area (Å²) < 4.78 is 16.7. The molecule has 0 spiro atoms. The van der Waals surface area contributed by atoms with Crippen LogP contribution in [0.2, 0.25) is 0 Å². The fraction of sp³-hybridized carbons (Fsp3) is 0.188. The van der Waals surface area contributed by atoms with Crippen LogP contribution < -0.4 is 19.5 Å². The second kappa shape index (κ2) is 7.70. The van der Waals surface area contributed by atoms with Crippen LogP contribution in [0.4, 0.5) is 5.69 Å². The van der Waals surface area contributed by atoms with Crippen LogP contribution in [-0.4, -0.2) is 26.7 Å². The van der Waals surface area contributed by atoms with Gasteiger partial charge in [-0.3, -0.25) is 4.79 Å². The first-order valence-electron chi connectivity index (χ1n) is 6.52. The highest BCUT2D eigenvalue weighted by Crippen LogP contribution is 2.29. The van der Waals surface area contributed by atoms with Crippen molar-refractivity contribution in [3.8, 4) is 17.2 Å². The molecule has 0 aromatic heterocycles. The Morgan fingerprint density at radius 3 is 2.36 bits per heavy atom. The van der Waals surface area contributed by atoms with Gasteiger partial charge < -0.3 is 19.5 Å². The zero-order chi connectivity index (χ0) is 15.9. The number of amides is 1. The highest BCUT2D eigenvalue weighted by atomic mass is 79.9. The lowest BCUT2D eigenvalue weighted by atomic mass is 10.2. The molecule has 0 saturated carbocycles. The molecule has 0 aliphatic carbocycles. The maximum Gasteiger partial charge on any atom is 0.262 e. The van der Waals surface area contributed by atoms with Crippen LogP contribution in [-0.2, 0) is 4.79 Å². The number of rotatable bonds is 6. The summed E-state index contributed by atoms with van der Waals surface area (Å²) in [5.74, 6) is 1.53. The van der Waals surface area contributed by atoms with E-state index in [1.54, 1.807) is 44.6 Å². The minimum Gasteiger partial charge on any atom is -0.493 e. The minimum atomic E-state index is -0.255. The molecular formula is C16H16BrNO4. The van der Waals surface area contributed by atoms with E-state index in [9.17, 15) is 4.79 Å². The number of benzene rings is 2. The Morgan fingerprint density at radius 1 is 1.05 bits per heavy atom. The monoisotopic (exact) mass is 365 g/mol. The summed E-state index contributed by atoms with van der Waals surface area (Å²) in [5.41, 5.74) is 0.613. The summed E-state index contributed by atoms with van der Waals surface area (Å²) in [6, 6.07) is 12.4. The second-order valence-corrected chi connectivity index (χ2v) is 5.28. The number of nitrogens with one attached hydrogen (secondary N) is 1. The number of hydrogen-bond donors (Lipinski definition) is 1. The van der Waals surface area contributed by atoms with Gasteiger partial charge in [0.05, 0.1) is 14.2 Å². The van der Waals surface area contributed by atoms with Crippen molar-refractivity contribution in [2.24, 2.45) is 0 Å². The Labute approximate surface area is 137 Å². The van der Waals surface area contributed by atoms with Gasteiger partial charge in [-0.05, 0) is 36.4 Å². The van der Waals surface area contributed by atoms with Gasteiger partial charge in [0, 0.05) is 16.2 Å².